The Kier molecular flexibility index (Phi) is 5.94. The first kappa shape index (κ1) is 20.5. The number of fused-ring (bicyclic) bond motifs is 1. The normalized spacial score (nSPS) is 11.2. The molecule has 4 aromatic rings. The summed E-state index contributed by atoms with van der Waals surface area (Å²) in [5.74, 6) is 1.87. The molecule has 4 rings (SSSR count). The Balaban J connectivity index is 1.55. The van der Waals surface area contributed by atoms with Gasteiger partial charge in [-0.1, -0.05) is 30.4 Å². The summed E-state index contributed by atoms with van der Waals surface area (Å²) >= 11 is 1.44. The van der Waals surface area contributed by atoms with E-state index in [1.165, 1.54) is 17.4 Å². The zero-order valence-electron chi connectivity index (χ0n) is 17.3. The van der Waals surface area contributed by atoms with Crippen LogP contribution in [0.25, 0.3) is 21.6 Å². The zero-order valence-corrected chi connectivity index (χ0v) is 18.1. The number of benzene rings is 2. The van der Waals surface area contributed by atoms with Gasteiger partial charge in [0.15, 0.2) is 5.82 Å². The number of nitrogens with one attached hydrogen (secondary N) is 1. The van der Waals surface area contributed by atoms with E-state index < -0.39 is 0 Å². The van der Waals surface area contributed by atoms with Gasteiger partial charge in [0.2, 0.25) is 10.9 Å². The second kappa shape index (κ2) is 8.97. The third-order valence-electron chi connectivity index (χ3n) is 4.62. The van der Waals surface area contributed by atoms with Crippen molar-refractivity contribution in [3.63, 3.8) is 0 Å². The van der Waals surface area contributed by atoms with Gasteiger partial charge in [-0.05, 0) is 42.0 Å². The molecule has 0 atom stereocenters. The highest BCUT2D eigenvalue weighted by atomic mass is 32.1. The second-order valence-electron chi connectivity index (χ2n) is 6.58. The average molecular weight is 436 g/mol. The SMILES string of the molecule is CCc1nnc2sc(-c3ccc(OC)c(NC(=O)/C=C/c4ccc(OC)cc4)c3)nn12. The summed E-state index contributed by atoms with van der Waals surface area (Å²) in [4.78, 5) is 13.2. The van der Waals surface area contributed by atoms with Crippen LogP contribution >= 0.6 is 11.3 Å². The van der Waals surface area contributed by atoms with Crippen molar-refractivity contribution in [3.05, 3.63) is 59.9 Å². The van der Waals surface area contributed by atoms with Crippen LogP contribution in [0, 0.1) is 0 Å². The van der Waals surface area contributed by atoms with Crippen LogP contribution in [-0.2, 0) is 11.2 Å². The first-order valence-electron chi connectivity index (χ1n) is 9.64. The number of ether oxygens (including phenoxy) is 2. The molecule has 1 N–H and O–H groups in total. The molecule has 0 aliphatic rings. The van der Waals surface area contributed by atoms with E-state index in [4.69, 9.17) is 9.47 Å². The molecule has 0 aliphatic heterocycles. The number of aromatic nitrogens is 4. The van der Waals surface area contributed by atoms with Crippen molar-refractivity contribution in [1.82, 2.24) is 19.8 Å². The lowest BCUT2D eigenvalue weighted by molar-refractivity contribution is -0.111. The van der Waals surface area contributed by atoms with Crippen LogP contribution in [0.5, 0.6) is 11.5 Å². The van der Waals surface area contributed by atoms with Crippen molar-refractivity contribution in [2.45, 2.75) is 13.3 Å². The Morgan fingerprint density at radius 2 is 1.94 bits per heavy atom. The summed E-state index contributed by atoms with van der Waals surface area (Å²) in [6.07, 6.45) is 3.96. The summed E-state index contributed by atoms with van der Waals surface area (Å²) < 4.78 is 12.3. The van der Waals surface area contributed by atoms with E-state index in [2.05, 4.69) is 20.6 Å². The smallest absolute Gasteiger partial charge is 0.248 e. The van der Waals surface area contributed by atoms with Crippen LogP contribution < -0.4 is 14.8 Å². The molecule has 0 saturated heterocycles. The molecule has 8 nitrogen and oxygen atoms in total. The van der Waals surface area contributed by atoms with Gasteiger partial charge < -0.3 is 14.8 Å². The van der Waals surface area contributed by atoms with Crippen molar-refractivity contribution in [2.24, 2.45) is 0 Å². The van der Waals surface area contributed by atoms with Crippen LogP contribution in [0.1, 0.15) is 18.3 Å². The molecule has 0 fully saturated rings. The van der Waals surface area contributed by atoms with Gasteiger partial charge in [-0.2, -0.15) is 9.61 Å². The Morgan fingerprint density at radius 3 is 2.65 bits per heavy atom. The summed E-state index contributed by atoms with van der Waals surface area (Å²) in [6.45, 7) is 2.01. The molecule has 0 bridgehead atoms. The minimum atomic E-state index is -0.266. The van der Waals surface area contributed by atoms with Crippen molar-refractivity contribution >= 4 is 34.0 Å². The molecule has 0 unspecified atom stereocenters. The van der Waals surface area contributed by atoms with E-state index >= 15 is 0 Å². The van der Waals surface area contributed by atoms with Gasteiger partial charge in [-0.15, -0.1) is 10.2 Å². The van der Waals surface area contributed by atoms with Crippen molar-refractivity contribution in [1.29, 1.82) is 0 Å². The molecule has 2 aromatic heterocycles. The highest BCUT2D eigenvalue weighted by Crippen LogP contribution is 2.33. The maximum absolute atomic E-state index is 12.5. The van der Waals surface area contributed by atoms with Crippen LogP contribution in [0.2, 0.25) is 0 Å². The topological polar surface area (TPSA) is 90.6 Å². The molecule has 2 heterocycles. The number of aryl methyl sites for hydroxylation is 1. The number of methoxy groups -OCH3 is 2. The number of nitrogens with zero attached hydrogens (tertiary/aromatic N) is 4. The monoisotopic (exact) mass is 435 g/mol. The molecule has 0 radical (unpaired) electrons. The number of hydrogen-bond donors (Lipinski definition) is 1. The number of anilines is 1. The molecule has 0 saturated carbocycles. The summed E-state index contributed by atoms with van der Waals surface area (Å²) in [7, 11) is 3.18. The van der Waals surface area contributed by atoms with Crippen molar-refractivity contribution in [2.75, 3.05) is 19.5 Å². The molecule has 9 heteroatoms. The predicted octanol–water partition coefficient (Wildman–Crippen LogP) is 4.08. The molecular formula is C22H21N5O3S. The predicted molar refractivity (Wildman–Crippen MR) is 121 cm³/mol. The van der Waals surface area contributed by atoms with Crippen LogP contribution in [0.4, 0.5) is 5.69 Å². The highest BCUT2D eigenvalue weighted by molar-refractivity contribution is 7.19. The third kappa shape index (κ3) is 4.41. The lowest BCUT2D eigenvalue weighted by Crippen LogP contribution is -2.09. The minimum Gasteiger partial charge on any atom is -0.497 e. The van der Waals surface area contributed by atoms with Crippen LogP contribution in [-0.4, -0.2) is 39.9 Å². The number of amides is 1. The van der Waals surface area contributed by atoms with Gasteiger partial charge >= 0.3 is 0 Å². The molecule has 158 valence electrons. The fraction of sp³-hybridized carbons (Fsp3) is 0.182. The fourth-order valence-electron chi connectivity index (χ4n) is 2.99. The third-order valence-corrected chi connectivity index (χ3v) is 5.57. The van der Waals surface area contributed by atoms with Gasteiger partial charge in [0.1, 0.15) is 16.5 Å². The number of carbonyl (C=O) groups excluding carboxylic acids is 1. The molecular weight excluding hydrogens is 414 g/mol. The second-order valence-corrected chi connectivity index (χ2v) is 7.54. The molecule has 0 spiro atoms. The first-order chi connectivity index (χ1) is 15.1. The fourth-order valence-corrected chi connectivity index (χ4v) is 3.85. The van der Waals surface area contributed by atoms with Crippen LogP contribution in [0.3, 0.4) is 0 Å². The summed E-state index contributed by atoms with van der Waals surface area (Å²) in [5.41, 5.74) is 2.31. The van der Waals surface area contributed by atoms with Gasteiger partial charge in [0, 0.05) is 18.1 Å². The standard InChI is InChI=1S/C22H21N5O3S/c1-4-19-24-25-22-27(19)26-21(31-22)15-8-11-18(30-3)17(13-15)23-20(28)12-7-14-5-9-16(29-2)10-6-14/h5-13H,4H2,1-3H3,(H,23,28)/b12-7+. The quantitative estimate of drug-likeness (QED) is 0.440. The minimum absolute atomic E-state index is 0.266. The van der Waals surface area contributed by atoms with Gasteiger partial charge in [-0.25, -0.2) is 0 Å². The largest absolute Gasteiger partial charge is 0.497 e. The maximum atomic E-state index is 12.5. The summed E-state index contributed by atoms with van der Waals surface area (Å²) in [6, 6.07) is 13.0. The number of hydrogen-bond acceptors (Lipinski definition) is 7. The van der Waals surface area contributed by atoms with E-state index in [0.29, 0.717) is 11.4 Å². The maximum Gasteiger partial charge on any atom is 0.248 e. The van der Waals surface area contributed by atoms with E-state index in [0.717, 1.165) is 39.1 Å². The van der Waals surface area contributed by atoms with E-state index in [9.17, 15) is 4.79 Å². The highest BCUT2D eigenvalue weighted by Gasteiger charge is 2.14. The van der Waals surface area contributed by atoms with Gasteiger partial charge in [-0.3, -0.25) is 4.79 Å². The number of rotatable bonds is 7. The Morgan fingerprint density at radius 1 is 1.13 bits per heavy atom. The Labute approximate surface area is 183 Å². The number of carbonyl (C=O) groups is 1. The van der Waals surface area contributed by atoms with Crippen molar-refractivity contribution in [3.8, 4) is 22.1 Å². The van der Waals surface area contributed by atoms with E-state index in [-0.39, 0.29) is 5.91 Å². The molecule has 31 heavy (non-hydrogen) atoms. The van der Waals surface area contributed by atoms with Gasteiger partial charge in [0.25, 0.3) is 0 Å². The van der Waals surface area contributed by atoms with Crippen molar-refractivity contribution < 1.29 is 14.3 Å². The molecule has 2 aromatic carbocycles. The lowest BCUT2D eigenvalue weighted by Gasteiger charge is -2.10. The first-order valence-corrected chi connectivity index (χ1v) is 10.5. The average Bonchev–Trinajstić information content (AvgIpc) is 3.39. The van der Waals surface area contributed by atoms with Crippen LogP contribution in [0.15, 0.2) is 48.5 Å². The Bertz CT molecular complexity index is 1240. The van der Waals surface area contributed by atoms with Gasteiger partial charge in [0.05, 0.1) is 19.9 Å². The van der Waals surface area contributed by atoms with E-state index in [1.807, 2.05) is 43.3 Å². The molecule has 0 aliphatic carbocycles. The summed E-state index contributed by atoms with van der Waals surface area (Å²) in [5, 5.41) is 16.6. The van der Waals surface area contributed by atoms with E-state index in [1.54, 1.807) is 30.9 Å². The Hall–Kier alpha value is -3.72. The molecule has 1 amide bonds. The zero-order chi connectivity index (χ0) is 21.8. The lowest BCUT2D eigenvalue weighted by atomic mass is 10.2.